The van der Waals surface area contributed by atoms with Crippen molar-refractivity contribution >= 4 is 23.6 Å². The molecule has 0 spiro atoms. The van der Waals surface area contributed by atoms with Crippen LogP contribution in [0.2, 0.25) is 0 Å². The lowest BCUT2D eigenvalue weighted by Gasteiger charge is -2.50. The zero-order valence-corrected chi connectivity index (χ0v) is 18.7. The van der Waals surface area contributed by atoms with Crippen LogP contribution in [-0.4, -0.2) is 64.9 Å². The average molecular weight is 442 g/mol. The van der Waals surface area contributed by atoms with Gasteiger partial charge >= 0.3 is 11.9 Å². The molecule has 0 saturated heterocycles. The zero-order chi connectivity index (χ0) is 23.8. The minimum atomic E-state index is -2.61. The van der Waals surface area contributed by atoms with Crippen molar-refractivity contribution in [1.82, 2.24) is 9.80 Å². The molecule has 1 aromatic rings. The van der Waals surface area contributed by atoms with Crippen LogP contribution in [0, 0.1) is 0 Å². The smallest absolute Gasteiger partial charge is 0.348 e. The van der Waals surface area contributed by atoms with Gasteiger partial charge in [-0.05, 0) is 26.3 Å². The highest BCUT2D eigenvalue weighted by Gasteiger charge is 2.58. The number of rotatable bonds is 5. The van der Waals surface area contributed by atoms with Crippen LogP contribution in [0.3, 0.4) is 0 Å². The van der Waals surface area contributed by atoms with Gasteiger partial charge in [0.05, 0.1) is 25.8 Å². The van der Waals surface area contributed by atoms with E-state index >= 15 is 0 Å². The molecule has 1 aromatic carbocycles. The van der Waals surface area contributed by atoms with Gasteiger partial charge in [-0.2, -0.15) is 0 Å². The number of hydrogen-bond acceptors (Lipinski definition) is 8. The van der Waals surface area contributed by atoms with E-state index in [1.807, 2.05) is 0 Å². The third-order valence-electron chi connectivity index (χ3n) is 5.87. The zero-order valence-electron chi connectivity index (χ0n) is 18.7. The first-order chi connectivity index (χ1) is 15.1. The second-order valence-electron chi connectivity index (χ2n) is 7.61. The maximum absolute atomic E-state index is 13.7. The van der Waals surface area contributed by atoms with E-state index < -0.39 is 41.7 Å². The fourth-order valence-corrected chi connectivity index (χ4v) is 4.33. The van der Waals surface area contributed by atoms with Gasteiger partial charge in [0.1, 0.15) is 5.82 Å². The summed E-state index contributed by atoms with van der Waals surface area (Å²) in [6.45, 7) is 5.13. The number of ether oxygens (including phenoxy) is 2. The number of hydrogen-bond donors (Lipinski definition) is 1. The number of aliphatic hydroxyl groups is 1. The quantitative estimate of drug-likeness (QED) is 0.539. The lowest BCUT2D eigenvalue weighted by Crippen LogP contribution is -2.62. The number of fused-ring (bicyclic) bond motifs is 1. The van der Waals surface area contributed by atoms with Crippen LogP contribution in [0.15, 0.2) is 53.0 Å². The fourth-order valence-electron chi connectivity index (χ4n) is 4.33. The predicted molar refractivity (Wildman–Crippen MR) is 112 cm³/mol. The molecule has 0 radical (unpaired) electrons. The Hall–Kier alpha value is -3.46. The standard InChI is InChI=1S/C23H26N2O7/c1-6-24-13(2)17(20(27)31-4)18(15-10-8-7-9-11-15)25-19(24)16(14(3)26)12-23(30,21(25)28)22(29)32-5/h7-11,18,30H,6,12H2,1-5H3/t18-,23+/m0/s1. The van der Waals surface area contributed by atoms with E-state index in [9.17, 15) is 24.3 Å². The number of carbonyl (C=O) groups excluding carboxylic acids is 4. The van der Waals surface area contributed by atoms with Gasteiger partial charge in [0, 0.05) is 24.2 Å². The molecule has 3 rings (SSSR count). The second-order valence-corrected chi connectivity index (χ2v) is 7.61. The van der Waals surface area contributed by atoms with Crippen molar-refractivity contribution in [2.75, 3.05) is 20.8 Å². The van der Waals surface area contributed by atoms with E-state index in [0.29, 0.717) is 17.8 Å². The molecule has 0 aliphatic carbocycles. The number of amides is 1. The SMILES string of the molecule is CCN1C(C)=C(C(=O)OC)[C@H](c2ccccc2)N2C(=O)[C@@](O)(C(=O)OC)CC(C(C)=O)=C12. The van der Waals surface area contributed by atoms with Gasteiger partial charge in [-0.3, -0.25) is 14.5 Å². The Labute approximate surface area is 185 Å². The summed E-state index contributed by atoms with van der Waals surface area (Å²) in [5.74, 6) is -3.01. The number of carbonyl (C=O) groups is 4. The Morgan fingerprint density at radius 3 is 2.28 bits per heavy atom. The lowest BCUT2D eigenvalue weighted by atomic mass is 9.82. The molecule has 0 fully saturated rings. The van der Waals surface area contributed by atoms with Crippen molar-refractivity contribution in [2.45, 2.75) is 38.8 Å². The Bertz CT molecular complexity index is 1040. The molecule has 0 bridgehead atoms. The molecule has 0 unspecified atom stereocenters. The first-order valence-electron chi connectivity index (χ1n) is 10.1. The van der Waals surface area contributed by atoms with Gasteiger partial charge in [-0.25, -0.2) is 9.59 Å². The summed E-state index contributed by atoms with van der Waals surface area (Å²) in [5, 5.41) is 11.1. The van der Waals surface area contributed by atoms with E-state index in [1.165, 1.54) is 14.0 Å². The lowest BCUT2D eigenvalue weighted by molar-refractivity contribution is -0.176. The van der Waals surface area contributed by atoms with Crippen molar-refractivity contribution in [1.29, 1.82) is 0 Å². The van der Waals surface area contributed by atoms with Crippen LogP contribution >= 0.6 is 0 Å². The van der Waals surface area contributed by atoms with Crippen molar-refractivity contribution < 1.29 is 33.8 Å². The predicted octanol–water partition coefficient (Wildman–Crippen LogP) is 1.45. The molecular formula is C23H26N2O7. The van der Waals surface area contributed by atoms with Crippen LogP contribution < -0.4 is 0 Å². The van der Waals surface area contributed by atoms with E-state index in [1.54, 1.807) is 49.1 Å². The number of ketones is 1. The van der Waals surface area contributed by atoms with Gasteiger partial charge in [-0.1, -0.05) is 30.3 Å². The molecule has 2 aliphatic heterocycles. The number of methoxy groups -OCH3 is 2. The first kappa shape index (κ1) is 23.2. The highest BCUT2D eigenvalue weighted by Crippen LogP contribution is 2.47. The molecule has 2 atom stereocenters. The first-order valence-corrected chi connectivity index (χ1v) is 10.1. The minimum Gasteiger partial charge on any atom is -0.466 e. The summed E-state index contributed by atoms with van der Waals surface area (Å²) in [7, 11) is 2.28. The molecule has 32 heavy (non-hydrogen) atoms. The van der Waals surface area contributed by atoms with Crippen LogP contribution in [0.4, 0.5) is 0 Å². The van der Waals surface area contributed by atoms with Crippen LogP contribution in [0.5, 0.6) is 0 Å². The molecule has 9 heteroatoms. The molecule has 0 saturated carbocycles. The van der Waals surface area contributed by atoms with Gasteiger partial charge in [0.2, 0.25) is 5.60 Å². The Balaban J connectivity index is 2.44. The maximum Gasteiger partial charge on any atom is 0.348 e. The normalized spacial score (nSPS) is 23.2. The number of esters is 2. The summed E-state index contributed by atoms with van der Waals surface area (Å²) in [6, 6.07) is 7.66. The van der Waals surface area contributed by atoms with E-state index in [0.717, 1.165) is 12.0 Å². The highest BCUT2D eigenvalue weighted by molar-refractivity contribution is 6.11. The Kier molecular flexibility index (Phi) is 6.23. The van der Waals surface area contributed by atoms with Gasteiger partial charge in [0.25, 0.3) is 5.91 Å². The third kappa shape index (κ3) is 3.38. The van der Waals surface area contributed by atoms with Crippen LogP contribution in [0.25, 0.3) is 0 Å². The van der Waals surface area contributed by atoms with Crippen molar-refractivity contribution in [2.24, 2.45) is 0 Å². The maximum atomic E-state index is 13.7. The monoisotopic (exact) mass is 442 g/mol. The van der Waals surface area contributed by atoms with E-state index in [4.69, 9.17) is 9.47 Å². The third-order valence-corrected chi connectivity index (χ3v) is 5.87. The largest absolute Gasteiger partial charge is 0.466 e. The Morgan fingerprint density at radius 1 is 1.16 bits per heavy atom. The summed E-state index contributed by atoms with van der Waals surface area (Å²) >= 11 is 0. The average Bonchev–Trinajstić information content (AvgIpc) is 2.79. The minimum absolute atomic E-state index is 0.0866. The number of benzene rings is 1. The van der Waals surface area contributed by atoms with Crippen molar-refractivity contribution in [3.8, 4) is 0 Å². The molecule has 2 aliphatic rings. The molecular weight excluding hydrogens is 416 g/mol. The van der Waals surface area contributed by atoms with Crippen molar-refractivity contribution in [3.63, 3.8) is 0 Å². The van der Waals surface area contributed by atoms with Gasteiger partial charge in [-0.15, -0.1) is 0 Å². The molecule has 1 amide bonds. The molecule has 170 valence electrons. The number of allylic oxidation sites excluding steroid dienone is 1. The van der Waals surface area contributed by atoms with Crippen LogP contribution in [0.1, 0.15) is 38.8 Å². The Morgan fingerprint density at radius 2 is 1.78 bits per heavy atom. The van der Waals surface area contributed by atoms with Crippen LogP contribution in [-0.2, 0) is 28.7 Å². The summed E-state index contributed by atoms with van der Waals surface area (Å²) in [6.07, 6.45) is -0.529. The number of nitrogens with zero attached hydrogens (tertiary/aromatic N) is 2. The van der Waals surface area contributed by atoms with Gasteiger partial charge < -0.3 is 19.5 Å². The van der Waals surface area contributed by atoms with E-state index in [-0.39, 0.29) is 17.0 Å². The summed E-state index contributed by atoms with van der Waals surface area (Å²) < 4.78 is 9.71. The fraction of sp³-hybridized carbons (Fsp3) is 0.391. The van der Waals surface area contributed by atoms with Crippen molar-refractivity contribution in [3.05, 3.63) is 58.6 Å². The number of Topliss-reactive ketones (excluding diaryl/α,β-unsaturated/α-hetero) is 1. The molecule has 1 N–H and O–H groups in total. The van der Waals surface area contributed by atoms with Gasteiger partial charge in [0.15, 0.2) is 5.78 Å². The molecule has 2 heterocycles. The second kappa shape index (κ2) is 8.58. The topological polar surface area (TPSA) is 113 Å². The summed E-state index contributed by atoms with van der Waals surface area (Å²) in [4.78, 5) is 54.5. The molecule has 9 nitrogen and oxygen atoms in total. The van der Waals surface area contributed by atoms with E-state index in [2.05, 4.69) is 0 Å². The highest BCUT2D eigenvalue weighted by atomic mass is 16.5. The molecule has 0 aromatic heterocycles. The summed E-state index contributed by atoms with van der Waals surface area (Å²) in [5.41, 5.74) is -1.31.